The number of rotatable bonds is 6. The topological polar surface area (TPSA) is 60.3 Å². The van der Waals surface area contributed by atoms with Gasteiger partial charge in [0.2, 0.25) is 5.91 Å². The van der Waals surface area contributed by atoms with Crippen molar-refractivity contribution in [3.8, 4) is 11.3 Å². The molecule has 1 N–H and O–H groups in total. The van der Waals surface area contributed by atoms with Crippen molar-refractivity contribution in [2.75, 3.05) is 11.9 Å². The van der Waals surface area contributed by atoms with Crippen LogP contribution in [0.2, 0.25) is 0 Å². The minimum absolute atomic E-state index is 0.0781. The van der Waals surface area contributed by atoms with Crippen LogP contribution >= 0.6 is 15.9 Å². The number of benzene rings is 2. The number of carbonyl (C=O) groups excluding carboxylic acids is 2. The fourth-order valence-electron chi connectivity index (χ4n) is 3.28. The van der Waals surface area contributed by atoms with Crippen LogP contribution in [0.15, 0.2) is 53.0 Å². The fourth-order valence-corrected chi connectivity index (χ4v) is 3.88. The number of carbonyl (C=O) groups is 2. The van der Waals surface area contributed by atoms with Crippen LogP contribution in [0.5, 0.6) is 0 Å². The number of ether oxygens (including phenoxy) is 1. The summed E-state index contributed by atoms with van der Waals surface area (Å²) in [6.07, 6.45) is 0. The Kier molecular flexibility index (Phi) is 6.77. The van der Waals surface area contributed by atoms with E-state index < -0.39 is 0 Å². The van der Waals surface area contributed by atoms with Gasteiger partial charge in [0.1, 0.15) is 6.54 Å². The van der Waals surface area contributed by atoms with Gasteiger partial charge in [-0.15, -0.1) is 0 Å². The van der Waals surface area contributed by atoms with E-state index >= 15 is 0 Å². The zero-order chi connectivity index (χ0) is 21.8. The lowest BCUT2D eigenvalue weighted by Gasteiger charge is -2.14. The van der Waals surface area contributed by atoms with Crippen LogP contribution < -0.4 is 5.32 Å². The molecule has 0 aliphatic rings. The molecule has 0 bridgehead atoms. The Hall–Kier alpha value is -2.86. The summed E-state index contributed by atoms with van der Waals surface area (Å²) in [6.45, 7) is 7.99. The summed E-state index contributed by atoms with van der Waals surface area (Å²) in [7, 11) is 0. The highest BCUT2D eigenvalue weighted by Crippen LogP contribution is 2.28. The van der Waals surface area contributed by atoms with Crippen LogP contribution in [0.1, 0.15) is 34.1 Å². The number of anilines is 1. The minimum atomic E-state index is -0.385. The molecule has 1 aromatic heterocycles. The molecule has 0 saturated carbocycles. The summed E-state index contributed by atoms with van der Waals surface area (Å²) in [5, 5.41) is 2.94. The van der Waals surface area contributed by atoms with Crippen LogP contribution in [0.3, 0.4) is 0 Å². The van der Waals surface area contributed by atoms with Crippen molar-refractivity contribution in [2.24, 2.45) is 0 Å². The molecule has 1 heterocycles. The molecule has 0 saturated heterocycles. The summed E-state index contributed by atoms with van der Waals surface area (Å²) >= 11 is 3.49. The lowest BCUT2D eigenvalue weighted by molar-refractivity contribution is -0.116. The molecule has 0 radical (unpaired) electrons. The number of nitrogens with zero attached hydrogens (tertiary/aromatic N) is 1. The second-order valence-electron chi connectivity index (χ2n) is 7.23. The van der Waals surface area contributed by atoms with Crippen LogP contribution in [-0.2, 0) is 16.1 Å². The van der Waals surface area contributed by atoms with Gasteiger partial charge in [0.15, 0.2) is 0 Å². The second kappa shape index (κ2) is 9.30. The van der Waals surface area contributed by atoms with Gasteiger partial charge >= 0.3 is 5.97 Å². The third kappa shape index (κ3) is 4.82. The number of nitrogens with one attached hydrogen (secondary N) is 1. The van der Waals surface area contributed by atoms with E-state index in [2.05, 4.69) is 21.2 Å². The summed E-state index contributed by atoms with van der Waals surface area (Å²) in [4.78, 5) is 25.3. The third-order valence-electron chi connectivity index (χ3n) is 4.91. The van der Waals surface area contributed by atoms with E-state index in [1.807, 2.05) is 67.8 Å². The van der Waals surface area contributed by atoms with E-state index in [0.29, 0.717) is 23.6 Å². The summed E-state index contributed by atoms with van der Waals surface area (Å²) in [5.41, 5.74) is 5.84. The van der Waals surface area contributed by atoms with Crippen molar-refractivity contribution >= 4 is 33.5 Å². The number of halogens is 1. The number of amides is 1. The van der Waals surface area contributed by atoms with Gasteiger partial charge < -0.3 is 14.6 Å². The lowest BCUT2D eigenvalue weighted by Crippen LogP contribution is -2.20. The number of aryl methyl sites for hydroxylation is 2. The molecule has 30 heavy (non-hydrogen) atoms. The van der Waals surface area contributed by atoms with Gasteiger partial charge in [-0.25, -0.2) is 4.79 Å². The Morgan fingerprint density at radius 2 is 1.67 bits per heavy atom. The van der Waals surface area contributed by atoms with E-state index in [1.54, 1.807) is 13.0 Å². The predicted molar refractivity (Wildman–Crippen MR) is 123 cm³/mol. The smallest absolute Gasteiger partial charge is 0.339 e. The van der Waals surface area contributed by atoms with E-state index in [1.165, 1.54) is 0 Å². The third-order valence-corrected chi connectivity index (χ3v) is 5.57. The summed E-state index contributed by atoms with van der Waals surface area (Å²) in [5.74, 6) is -0.564. The van der Waals surface area contributed by atoms with Gasteiger partial charge in [-0.2, -0.15) is 0 Å². The highest BCUT2D eigenvalue weighted by Gasteiger charge is 2.21. The minimum Gasteiger partial charge on any atom is -0.462 e. The lowest BCUT2D eigenvalue weighted by atomic mass is 10.1. The van der Waals surface area contributed by atoms with Crippen LogP contribution in [-0.4, -0.2) is 23.1 Å². The van der Waals surface area contributed by atoms with Gasteiger partial charge in [0, 0.05) is 15.9 Å². The van der Waals surface area contributed by atoms with Crippen molar-refractivity contribution in [3.63, 3.8) is 0 Å². The van der Waals surface area contributed by atoms with Gasteiger partial charge in [0.05, 0.1) is 17.9 Å². The zero-order valence-electron chi connectivity index (χ0n) is 17.6. The van der Waals surface area contributed by atoms with E-state index in [4.69, 9.17) is 4.74 Å². The van der Waals surface area contributed by atoms with Crippen LogP contribution in [0.4, 0.5) is 5.69 Å². The van der Waals surface area contributed by atoms with Crippen LogP contribution in [0, 0.1) is 20.8 Å². The largest absolute Gasteiger partial charge is 0.462 e. The number of esters is 1. The van der Waals surface area contributed by atoms with Crippen molar-refractivity contribution in [3.05, 3.63) is 75.4 Å². The standard InChI is InChI=1S/C24H25BrN2O3/c1-5-30-24(29)19-13-22(18-9-6-15(2)7-10-18)27(17(19)4)14-23(28)26-21-11-8-16(3)12-20(21)25/h6-13H,5,14H2,1-4H3,(H,26,28). The first-order valence-corrected chi connectivity index (χ1v) is 10.6. The molecule has 3 rings (SSSR count). The second-order valence-corrected chi connectivity index (χ2v) is 8.09. The molecule has 1 amide bonds. The van der Waals surface area contributed by atoms with Crippen molar-refractivity contribution in [2.45, 2.75) is 34.2 Å². The van der Waals surface area contributed by atoms with Crippen molar-refractivity contribution < 1.29 is 14.3 Å². The number of hydrogen-bond acceptors (Lipinski definition) is 3. The molecule has 0 aliphatic heterocycles. The fraction of sp³-hybridized carbons (Fsp3) is 0.250. The molecule has 6 heteroatoms. The molecule has 0 aliphatic carbocycles. The highest BCUT2D eigenvalue weighted by molar-refractivity contribution is 9.10. The molecule has 0 atom stereocenters. The Labute approximate surface area is 185 Å². The normalized spacial score (nSPS) is 10.7. The van der Waals surface area contributed by atoms with E-state index in [9.17, 15) is 9.59 Å². The van der Waals surface area contributed by atoms with Gasteiger partial charge in [-0.3, -0.25) is 4.79 Å². The van der Waals surface area contributed by atoms with E-state index in [0.717, 1.165) is 26.9 Å². The molecule has 3 aromatic rings. The average molecular weight is 469 g/mol. The highest BCUT2D eigenvalue weighted by atomic mass is 79.9. The van der Waals surface area contributed by atoms with Gasteiger partial charge in [0.25, 0.3) is 0 Å². The molecule has 0 fully saturated rings. The molecular formula is C24H25BrN2O3. The van der Waals surface area contributed by atoms with Gasteiger partial charge in [-0.05, 0) is 73.0 Å². The quantitative estimate of drug-likeness (QED) is 0.474. The number of aromatic nitrogens is 1. The maximum atomic E-state index is 12.8. The zero-order valence-corrected chi connectivity index (χ0v) is 19.2. The average Bonchev–Trinajstić information content (AvgIpc) is 3.01. The summed E-state index contributed by atoms with van der Waals surface area (Å²) in [6, 6.07) is 15.6. The van der Waals surface area contributed by atoms with E-state index in [-0.39, 0.29) is 18.4 Å². The maximum Gasteiger partial charge on any atom is 0.339 e. The molecule has 0 spiro atoms. The Bertz CT molecular complexity index is 1080. The molecule has 5 nitrogen and oxygen atoms in total. The molecule has 156 valence electrons. The Balaban J connectivity index is 1.96. The van der Waals surface area contributed by atoms with Crippen molar-refractivity contribution in [1.29, 1.82) is 0 Å². The molecule has 0 unspecified atom stereocenters. The first kappa shape index (κ1) is 21.8. The molecule has 2 aromatic carbocycles. The Morgan fingerprint density at radius 1 is 1.00 bits per heavy atom. The SMILES string of the molecule is CCOC(=O)c1cc(-c2ccc(C)cc2)n(CC(=O)Nc2ccc(C)cc2Br)c1C. The Morgan fingerprint density at radius 3 is 2.30 bits per heavy atom. The van der Waals surface area contributed by atoms with Crippen LogP contribution in [0.25, 0.3) is 11.3 Å². The maximum absolute atomic E-state index is 12.8. The summed E-state index contributed by atoms with van der Waals surface area (Å²) < 4.78 is 7.88. The van der Waals surface area contributed by atoms with Gasteiger partial charge in [-0.1, -0.05) is 35.9 Å². The van der Waals surface area contributed by atoms with Crippen molar-refractivity contribution in [1.82, 2.24) is 4.57 Å². The first-order chi connectivity index (χ1) is 14.3. The number of hydrogen-bond donors (Lipinski definition) is 1. The monoisotopic (exact) mass is 468 g/mol. The molecular weight excluding hydrogens is 444 g/mol. The predicted octanol–water partition coefficient (Wildman–Crippen LogP) is 5.66. The first-order valence-electron chi connectivity index (χ1n) is 9.80.